The number of nitrogens with zero attached hydrogens (tertiary/aromatic N) is 1. The lowest BCUT2D eigenvalue weighted by atomic mass is 10.2. The topological polar surface area (TPSA) is 93.0 Å². The van der Waals surface area contributed by atoms with Gasteiger partial charge in [0.05, 0.1) is 30.1 Å². The third-order valence-electron chi connectivity index (χ3n) is 2.90. The average Bonchev–Trinajstić information content (AvgIpc) is 2.85. The molecule has 0 saturated carbocycles. The molecule has 2 aromatic rings. The fourth-order valence-electron chi connectivity index (χ4n) is 1.81. The molecular weight excluding hydrogens is 315 g/mol. The van der Waals surface area contributed by atoms with Crippen molar-refractivity contribution in [2.75, 3.05) is 13.7 Å². The number of rotatable bonds is 6. The number of nitrogens with two attached hydrogens (primary N) is 1. The number of aromatic amines is 1. The number of para-hydroxylation sites is 2. The lowest BCUT2D eigenvalue weighted by molar-refractivity contribution is -0.123. The van der Waals surface area contributed by atoms with Gasteiger partial charge in [0.25, 0.3) is 0 Å². The summed E-state index contributed by atoms with van der Waals surface area (Å²) in [6, 6.07) is 7.73. The van der Waals surface area contributed by atoms with Crippen LogP contribution in [-0.2, 0) is 16.1 Å². The molecule has 1 aromatic heterocycles. The highest BCUT2D eigenvalue weighted by Gasteiger charge is 2.11. The Labute approximate surface area is 135 Å². The van der Waals surface area contributed by atoms with Gasteiger partial charge in [0.2, 0.25) is 5.91 Å². The standard InChI is InChI=1S/C13H18N4O2.2ClH/c1-19-9(7-14)6-13(18)15-8-12-16-10-4-2-3-5-11(10)17-12;;/h2-5,9H,6-8,14H2,1H3,(H,15,18)(H,16,17);2*1H. The summed E-state index contributed by atoms with van der Waals surface area (Å²) in [6.07, 6.45) is 0.0171. The van der Waals surface area contributed by atoms with Gasteiger partial charge in [-0.3, -0.25) is 4.79 Å². The van der Waals surface area contributed by atoms with Crippen molar-refractivity contribution in [3.05, 3.63) is 30.1 Å². The van der Waals surface area contributed by atoms with Gasteiger partial charge in [-0.25, -0.2) is 4.98 Å². The zero-order valence-corrected chi connectivity index (χ0v) is 13.3. The number of fused-ring (bicyclic) bond motifs is 1. The van der Waals surface area contributed by atoms with Crippen molar-refractivity contribution < 1.29 is 9.53 Å². The zero-order valence-electron chi connectivity index (χ0n) is 11.7. The molecule has 0 bridgehead atoms. The predicted octanol–water partition coefficient (Wildman–Crippen LogP) is 1.39. The molecule has 0 aliphatic heterocycles. The van der Waals surface area contributed by atoms with Crippen molar-refractivity contribution in [2.24, 2.45) is 5.73 Å². The summed E-state index contributed by atoms with van der Waals surface area (Å²) in [7, 11) is 1.55. The molecule has 6 nitrogen and oxygen atoms in total. The number of H-pyrrole nitrogens is 1. The molecule has 0 aliphatic rings. The van der Waals surface area contributed by atoms with Gasteiger partial charge in [-0.1, -0.05) is 12.1 Å². The molecule has 118 valence electrons. The Kier molecular flexibility index (Phi) is 8.96. The first kappa shape index (κ1) is 19.7. The van der Waals surface area contributed by atoms with Gasteiger partial charge in [-0.15, -0.1) is 24.8 Å². The smallest absolute Gasteiger partial charge is 0.223 e. The van der Waals surface area contributed by atoms with E-state index in [1.54, 1.807) is 7.11 Å². The van der Waals surface area contributed by atoms with E-state index in [0.29, 0.717) is 13.1 Å². The number of carbonyl (C=O) groups excluding carboxylic acids is 1. The summed E-state index contributed by atoms with van der Waals surface area (Å²) in [6.45, 7) is 0.697. The summed E-state index contributed by atoms with van der Waals surface area (Å²) in [5.41, 5.74) is 7.32. The summed E-state index contributed by atoms with van der Waals surface area (Å²) in [5.74, 6) is 0.633. The highest BCUT2D eigenvalue weighted by molar-refractivity contribution is 5.85. The van der Waals surface area contributed by atoms with E-state index in [1.165, 1.54) is 0 Å². The number of aromatic nitrogens is 2. The molecule has 1 amide bonds. The summed E-state index contributed by atoms with van der Waals surface area (Å²) >= 11 is 0. The maximum Gasteiger partial charge on any atom is 0.223 e. The minimum absolute atomic E-state index is 0. The van der Waals surface area contributed by atoms with E-state index in [9.17, 15) is 4.79 Å². The van der Waals surface area contributed by atoms with Crippen LogP contribution in [0, 0.1) is 0 Å². The van der Waals surface area contributed by atoms with Crippen LogP contribution < -0.4 is 11.1 Å². The van der Waals surface area contributed by atoms with Crippen LogP contribution in [-0.4, -0.2) is 35.6 Å². The average molecular weight is 335 g/mol. The molecule has 1 aromatic carbocycles. The third kappa shape index (κ3) is 5.51. The molecule has 8 heteroatoms. The molecule has 0 radical (unpaired) electrons. The van der Waals surface area contributed by atoms with Crippen LogP contribution in [0.1, 0.15) is 12.2 Å². The highest BCUT2D eigenvalue weighted by Crippen LogP contribution is 2.09. The largest absolute Gasteiger partial charge is 0.380 e. The number of ether oxygens (including phenoxy) is 1. The van der Waals surface area contributed by atoms with Crippen molar-refractivity contribution in [3.63, 3.8) is 0 Å². The molecule has 2 rings (SSSR count). The number of hydrogen-bond acceptors (Lipinski definition) is 4. The molecule has 0 saturated heterocycles. The number of methoxy groups -OCH3 is 1. The van der Waals surface area contributed by atoms with Crippen molar-refractivity contribution in [1.29, 1.82) is 0 Å². The maximum absolute atomic E-state index is 11.7. The molecule has 21 heavy (non-hydrogen) atoms. The lowest BCUT2D eigenvalue weighted by Gasteiger charge is -2.11. The molecule has 0 spiro atoms. The first-order valence-corrected chi connectivity index (χ1v) is 6.16. The van der Waals surface area contributed by atoms with Crippen LogP contribution in [0.4, 0.5) is 0 Å². The number of halogens is 2. The molecule has 0 aliphatic carbocycles. The van der Waals surface area contributed by atoms with Crippen LogP contribution in [0.15, 0.2) is 24.3 Å². The van der Waals surface area contributed by atoms with E-state index < -0.39 is 0 Å². The van der Waals surface area contributed by atoms with Gasteiger partial charge < -0.3 is 20.8 Å². The number of hydrogen-bond donors (Lipinski definition) is 3. The van der Waals surface area contributed by atoms with E-state index in [4.69, 9.17) is 10.5 Å². The van der Waals surface area contributed by atoms with E-state index >= 15 is 0 Å². The molecule has 1 atom stereocenters. The van der Waals surface area contributed by atoms with Crippen LogP contribution in [0.5, 0.6) is 0 Å². The number of nitrogens with one attached hydrogen (secondary N) is 2. The van der Waals surface area contributed by atoms with Crippen molar-refractivity contribution in [3.8, 4) is 0 Å². The fraction of sp³-hybridized carbons (Fsp3) is 0.385. The normalized spacial score (nSPS) is 11.3. The number of carbonyl (C=O) groups is 1. The molecule has 0 fully saturated rings. The summed E-state index contributed by atoms with van der Waals surface area (Å²) in [5, 5.41) is 2.79. The van der Waals surface area contributed by atoms with Crippen molar-refractivity contribution in [1.82, 2.24) is 15.3 Å². The summed E-state index contributed by atoms with van der Waals surface area (Å²) < 4.78 is 5.06. The predicted molar refractivity (Wildman–Crippen MR) is 86.9 cm³/mol. The second-order valence-electron chi connectivity index (χ2n) is 4.27. The molecule has 4 N–H and O–H groups in total. The zero-order chi connectivity index (χ0) is 13.7. The minimum Gasteiger partial charge on any atom is -0.380 e. The van der Waals surface area contributed by atoms with Crippen molar-refractivity contribution in [2.45, 2.75) is 19.1 Å². The van der Waals surface area contributed by atoms with E-state index in [1.807, 2.05) is 24.3 Å². The fourth-order valence-corrected chi connectivity index (χ4v) is 1.81. The quantitative estimate of drug-likeness (QED) is 0.744. The van der Waals surface area contributed by atoms with Crippen LogP contribution in [0.25, 0.3) is 11.0 Å². The number of benzene rings is 1. The Morgan fingerprint density at radius 3 is 2.76 bits per heavy atom. The Balaban J connectivity index is 0.00000200. The minimum atomic E-state index is -0.240. The summed E-state index contributed by atoms with van der Waals surface area (Å²) in [4.78, 5) is 19.2. The Hall–Kier alpha value is -1.34. The van der Waals surface area contributed by atoms with E-state index in [0.717, 1.165) is 16.9 Å². The first-order chi connectivity index (χ1) is 9.22. The van der Waals surface area contributed by atoms with Gasteiger partial charge in [-0.05, 0) is 12.1 Å². The molecule has 1 unspecified atom stereocenters. The number of imidazole rings is 1. The van der Waals surface area contributed by atoms with Crippen LogP contribution in [0.3, 0.4) is 0 Å². The maximum atomic E-state index is 11.7. The number of amides is 1. The van der Waals surface area contributed by atoms with E-state index in [2.05, 4.69) is 15.3 Å². The Bertz CT molecular complexity index is 525. The van der Waals surface area contributed by atoms with E-state index in [-0.39, 0.29) is 43.2 Å². The first-order valence-electron chi connectivity index (χ1n) is 6.16. The van der Waals surface area contributed by atoms with Crippen LogP contribution in [0.2, 0.25) is 0 Å². The van der Waals surface area contributed by atoms with Gasteiger partial charge in [0.1, 0.15) is 5.82 Å². The second-order valence-corrected chi connectivity index (χ2v) is 4.27. The molecular formula is C13H20Cl2N4O2. The Morgan fingerprint density at radius 1 is 1.43 bits per heavy atom. The second kappa shape index (κ2) is 9.57. The van der Waals surface area contributed by atoms with Gasteiger partial charge >= 0.3 is 0 Å². The Morgan fingerprint density at radius 2 is 2.14 bits per heavy atom. The molecule has 1 heterocycles. The SMILES string of the molecule is COC(CN)CC(=O)NCc1nc2ccccc2[nH]1.Cl.Cl. The van der Waals surface area contributed by atoms with Crippen molar-refractivity contribution >= 4 is 41.8 Å². The lowest BCUT2D eigenvalue weighted by Crippen LogP contribution is -2.32. The van der Waals surface area contributed by atoms with Crippen LogP contribution >= 0.6 is 24.8 Å². The van der Waals surface area contributed by atoms with Gasteiger partial charge in [0, 0.05) is 13.7 Å². The highest BCUT2D eigenvalue weighted by atomic mass is 35.5. The van der Waals surface area contributed by atoms with Gasteiger partial charge in [-0.2, -0.15) is 0 Å². The third-order valence-corrected chi connectivity index (χ3v) is 2.90. The van der Waals surface area contributed by atoms with Gasteiger partial charge in [0.15, 0.2) is 0 Å². The monoisotopic (exact) mass is 334 g/mol.